The average molecular weight is 403 g/mol. The predicted molar refractivity (Wildman–Crippen MR) is 116 cm³/mol. The molecule has 0 aromatic heterocycles. The van der Waals surface area contributed by atoms with Gasteiger partial charge in [-0.05, 0) is 68.1 Å². The summed E-state index contributed by atoms with van der Waals surface area (Å²) in [5.41, 5.74) is 6.31. The number of amides is 1. The third-order valence-electron chi connectivity index (χ3n) is 5.44. The summed E-state index contributed by atoms with van der Waals surface area (Å²) in [6.45, 7) is 11.8. The summed E-state index contributed by atoms with van der Waals surface area (Å²) < 4.78 is 0. The van der Waals surface area contributed by atoms with E-state index in [1.165, 1.54) is 27.1 Å². The number of hydrogen-bond acceptors (Lipinski definition) is 3. The van der Waals surface area contributed by atoms with Crippen LogP contribution >= 0.6 is 23.4 Å². The molecule has 1 aliphatic heterocycles. The van der Waals surface area contributed by atoms with Crippen molar-refractivity contribution in [2.45, 2.75) is 32.6 Å². The summed E-state index contributed by atoms with van der Waals surface area (Å²) in [5.74, 6) is 0.727. The molecule has 5 heteroatoms. The van der Waals surface area contributed by atoms with E-state index >= 15 is 0 Å². The zero-order valence-corrected chi connectivity index (χ0v) is 18.1. The Morgan fingerprint density at radius 3 is 2.22 bits per heavy atom. The molecular weight excluding hydrogens is 376 g/mol. The SMILES string of the molecule is Cc1cc(C)c(C)c(SCC(=O)N2CCN(c3cccc(Cl)c3)CC2)c1C. The molecule has 1 fully saturated rings. The first kappa shape index (κ1) is 20.1. The van der Waals surface area contributed by atoms with E-state index in [2.05, 4.69) is 44.7 Å². The number of rotatable bonds is 4. The first-order valence-corrected chi connectivity index (χ1v) is 10.7. The lowest BCUT2D eigenvalue weighted by Gasteiger charge is -2.36. The van der Waals surface area contributed by atoms with Crippen molar-refractivity contribution in [3.8, 4) is 0 Å². The van der Waals surface area contributed by atoms with Gasteiger partial charge in [0.1, 0.15) is 0 Å². The molecule has 1 amide bonds. The summed E-state index contributed by atoms with van der Waals surface area (Å²) in [6.07, 6.45) is 0. The van der Waals surface area contributed by atoms with Crippen LogP contribution in [0.3, 0.4) is 0 Å². The van der Waals surface area contributed by atoms with E-state index < -0.39 is 0 Å². The number of nitrogens with zero attached hydrogens (tertiary/aromatic N) is 2. The maximum Gasteiger partial charge on any atom is 0.233 e. The number of piperazine rings is 1. The molecular formula is C22H27ClN2OS. The summed E-state index contributed by atoms with van der Waals surface area (Å²) in [7, 11) is 0. The summed E-state index contributed by atoms with van der Waals surface area (Å²) in [5, 5.41) is 0.751. The summed E-state index contributed by atoms with van der Waals surface area (Å²) in [6, 6.07) is 10.1. The minimum atomic E-state index is 0.226. The normalized spacial score (nSPS) is 14.6. The van der Waals surface area contributed by atoms with Crippen LogP contribution in [0.15, 0.2) is 35.2 Å². The Hall–Kier alpha value is -1.65. The fraction of sp³-hybridized carbons (Fsp3) is 0.409. The highest BCUT2D eigenvalue weighted by Gasteiger charge is 2.22. The molecule has 0 atom stereocenters. The Bertz CT molecular complexity index is 818. The van der Waals surface area contributed by atoms with Crippen LogP contribution in [0.25, 0.3) is 0 Å². The number of halogens is 1. The van der Waals surface area contributed by atoms with Gasteiger partial charge >= 0.3 is 0 Å². The molecule has 0 aliphatic carbocycles. The highest BCUT2D eigenvalue weighted by Crippen LogP contribution is 2.31. The molecule has 1 aliphatic rings. The van der Waals surface area contributed by atoms with Gasteiger partial charge in [0.05, 0.1) is 5.75 Å². The molecule has 0 N–H and O–H groups in total. The van der Waals surface area contributed by atoms with Crippen molar-refractivity contribution in [2.24, 2.45) is 0 Å². The van der Waals surface area contributed by atoms with E-state index in [9.17, 15) is 4.79 Å². The fourth-order valence-corrected chi connectivity index (χ4v) is 4.90. The standard InChI is InChI=1S/C22H27ClN2OS/c1-15-12-16(2)18(4)22(17(15)3)27-14-21(26)25-10-8-24(9-11-25)20-7-5-6-19(23)13-20/h5-7,12-13H,8-11,14H2,1-4H3. The number of hydrogen-bond donors (Lipinski definition) is 0. The van der Waals surface area contributed by atoms with Crippen molar-refractivity contribution in [1.82, 2.24) is 4.90 Å². The monoisotopic (exact) mass is 402 g/mol. The molecule has 2 aromatic rings. The second-order valence-electron chi connectivity index (χ2n) is 7.23. The molecule has 1 saturated heterocycles. The minimum Gasteiger partial charge on any atom is -0.368 e. The molecule has 0 bridgehead atoms. The van der Waals surface area contributed by atoms with Crippen LogP contribution in [-0.4, -0.2) is 42.7 Å². The molecule has 0 radical (unpaired) electrons. The molecule has 3 rings (SSSR count). The third kappa shape index (κ3) is 4.61. The van der Waals surface area contributed by atoms with E-state index in [0.717, 1.165) is 36.9 Å². The quantitative estimate of drug-likeness (QED) is 0.671. The maximum absolute atomic E-state index is 12.7. The highest BCUT2D eigenvalue weighted by atomic mass is 35.5. The van der Waals surface area contributed by atoms with Gasteiger partial charge in [0, 0.05) is 41.8 Å². The molecule has 144 valence electrons. The molecule has 27 heavy (non-hydrogen) atoms. The van der Waals surface area contributed by atoms with Gasteiger partial charge < -0.3 is 9.80 Å². The Morgan fingerprint density at radius 2 is 1.63 bits per heavy atom. The Labute approximate surface area is 171 Å². The second kappa shape index (κ2) is 8.57. The lowest BCUT2D eigenvalue weighted by atomic mass is 10.0. The van der Waals surface area contributed by atoms with Crippen molar-refractivity contribution in [3.05, 3.63) is 57.6 Å². The van der Waals surface area contributed by atoms with Crippen LogP contribution in [0, 0.1) is 27.7 Å². The van der Waals surface area contributed by atoms with Crippen molar-refractivity contribution in [2.75, 3.05) is 36.8 Å². The van der Waals surface area contributed by atoms with E-state index in [1.807, 2.05) is 23.1 Å². The van der Waals surface area contributed by atoms with Gasteiger partial charge in [0.25, 0.3) is 0 Å². The molecule has 1 heterocycles. The van der Waals surface area contributed by atoms with Crippen LogP contribution in [0.2, 0.25) is 5.02 Å². The van der Waals surface area contributed by atoms with E-state index in [0.29, 0.717) is 5.75 Å². The van der Waals surface area contributed by atoms with Gasteiger partial charge in [0.2, 0.25) is 5.91 Å². The zero-order chi connectivity index (χ0) is 19.6. The van der Waals surface area contributed by atoms with Crippen molar-refractivity contribution < 1.29 is 4.79 Å². The molecule has 0 spiro atoms. The van der Waals surface area contributed by atoms with Crippen molar-refractivity contribution >= 4 is 35.0 Å². The van der Waals surface area contributed by atoms with Gasteiger partial charge in [0.15, 0.2) is 0 Å². The molecule has 3 nitrogen and oxygen atoms in total. The van der Waals surface area contributed by atoms with Crippen LogP contribution in [-0.2, 0) is 4.79 Å². The summed E-state index contributed by atoms with van der Waals surface area (Å²) in [4.78, 5) is 18.3. The number of carbonyl (C=O) groups is 1. The number of thioether (sulfide) groups is 1. The maximum atomic E-state index is 12.7. The largest absolute Gasteiger partial charge is 0.368 e. The second-order valence-corrected chi connectivity index (χ2v) is 8.65. The third-order valence-corrected chi connectivity index (χ3v) is 6.97. The van der Waals surface area contributed by atoms with Gasteiger partial charge in [-0.25, -0.2) is 0 Å². The lowest BCUT2D eigenvalue weighted by Crippen LogP contribution is -2.49. The number of aryl methyl sites for hydroxylation is 2. The first-order chi connectivity index (χ1) is 12.9. The molecule has 0 unspecified atom stereocenters. The summed E-state index contributed by atoms with van der Waals surface area (Å²) >= 11 is 7.78. The van der Waals surface area contributed by atoms with E-state index in [1.54, 1.807) is 11.8 Å². The van der Waals surface area contributed by atoms with Crippen LogP contribution < -0.4 is 4.90 Å². The number of carbonyl (C=O) groups excluding carboxylic acids is 1. The van der Waals surface area contributed by atoms with E-state index in [4.69, 9.17) is 11.6 Å². The first-order valence-electron chi connectivity index (χ1n) is 9.35. The van der Waals surface area contributed by atoms with Crippen LogP contribution in [0.5, 0.6) is 0 Å². The lowest BCUT2D eigenvalue weighted by molar-refractivity contribution is -0.128. The Balaban J connectivity index is 1.58. The molecule has 2 aromatic carbocycles. The topological polar surface area (TPSA) is 23.6 Å². The zero-order valence-electron chi connectivity index (χ0n) is 16.5. The fourth-order valence-electron chi connectivity index (χ4n) is 3.51. The Kier molecular flexibility index (Phi) is 6.38. The smallest absolute Gasteiger partial charge is 0.233 e. The van der Waals surface area contributed by atoms with Crippen LogP contribution in [0.1, 0.15) is 22.3 Å². The minimum absolute atomic E-state index is 0.226. The van der Waals surface area contributed by atoms with E-state index in [-0.39, 0.29) is 5.91 Å². The highest BCUT2D eigenvalue weighted by molar-refractivity contribution is 8.00. The molecule has 0 saturated carbocycles. The number of benzene rings is 2. The van der Waals surface area contributed by atoms with Gasteiger partial charge in [-0.15, -0.1) is 11.8 Å². The Morgan fingerprint density at radius 1 is 1.00 bits per heavy atom. The van der Waals surface area contributed by atoms with Gasteiger partial charge in [-0.2, -0.15) is 0 Å². The van der Waals surface area contributed by atoms with Crippen LogP contribution in [0.4, 0.5) is 5.69 Å². The van der Waals surface area contributed by atoms with Crippen molar-refractivity contribution in [1.29, 1.82) is 0 Å². The average Bonchev–Trinajstić information content (AvgIpc) is 2.66. The van der Waals surface area contributed by atoms with Gasteiger partial charge in [-0.3, -0.25) is 4.79 Å². The van der Waals surface area contributed by atoms with Gasteiger partial charge in [-0.1, -0.05) is 23.7 Å². The number of anilines is 1. The van der Waals surface area contributed by atoms with Crippen molar-refractivity contribution in [3.63, 3.8) is 0 Å². The predicted octanol–water partition coefficient (Wildman–Crippen LogP) is 5.01.